The predicted molar refractivity (Wildman–Crippen MR) is 127 cm³/mol. The first-order valence-corrected chi connectivity index (χ1v) is 13.4. The summed E-state index contributed by atoms with van der Waals surface area (Å²) >= 11 is 0. The number of benzene rings is 1. The molecular formula is C24H30N4O4S. The van der Waals surface area contributed by atoms with E-state index in [9.17, 15) is 8.42 Å². The summed E-state index contributed by atoms with van der Waals surface area (Å²) < 4.78 is 37.4. The molecule has 2 aromatic heterocycles. The molecule has 4 heterocycles. The minimum Gasteiger partial charge on any atom is -0.493 e. The van der Waals surface area contributed by atoms with E-state index in [-0.39, 0.29) is 0 Å². The van der Waals surface area contributed by atoms with Gasteiger partial charge in [0.2, 0.25) is 16.0 Å². The lowest BCUT2D eigenvalue weighted by Gasteiger charge is -2.31. The maximum Gasteiger partial charge on any atom is 0.225 e. The van der Waals surface area contributed by atoms with Gasteiger partial charge in [0.05, 0.1) is 19.4 Å². The Labute approximate surface area is 194 Å². The van der Waals surface area contributed by atoms with Gasteiger partial charge >= 0.3 is 0 Å². The lowest BCUT2D eigenvalue weighted by atomic mass is 9.98. The molecule has 0 amide bonds. The van der Waals surface area contributed by atoms with Crippen LogP contribution >= 0.6 is 0 Å². The van der Waals surface area contributed by atoms with E-state index in [1.807, 2.05) is 30.6 Å². The van der Waals surface area contributed by atoms with Gasteiger partial charge in [0.25, 0.3) is 0 Å². The Morgan fingerprint density at radius 2 is 1.91 bits per heavy atom. The first-order chi connectivity index (χ1) is 15.9. The van der Waals surface area contributed by atoms with Crippen LogP contribution in [-0.2, 0) is 29.4 Å². The summed E-state index contributed by atoms with van der Waals surface area (Å²) in [6.07, 6.45) is 8.77. The third-order valence-corrected chi connectivity index (χ3v) is 7.98. The van der Waals surface area contributed by atoms with Gasteiger partial charge in [-0.3, -0.25) is 0 Å². The molecule has 0 unspecified atom stereocenters. The van der Waals surface area contributed by atoms with Crippen LogP contribution in [0.25, 0.3) is 11.0 Å². The average Bonchev–Trinajstić information content (AvgIpc) is 3.19. The molecule has 33 heavy (non-hydrogen) atoms. The van der Waals surface area contributed by atoms with E-state index in [0.717, 1.165) is 71.9 Å². The van der Waals surface area contributed by atoms with E-state index in [4.69, 9.17) is 9.15 Å². The van der Waals surface area contributed by atoms with Crippen LogP contribution < -0.4 is 9.64 Å². The smallest absolute Gasteiger partial charge is 0.225 e. The maximum atomic E-state index is 11.9. The lowest BCUT2D eigenvalue weighted by Crippen LogP contribution is -2.36. The minimum atomic E-state index is -3.22. The fourth-order valence-electron chi connectivity index (χ4n) is 4.64. The van der Waals surface area contributed by atoms with Crippen molar-refractivity contribution in [3.63, 3.8) is 0 Å². The van der Waals surface area contributed by atoms with Crippen LogP contribution in [0.15, 0.2) is 35.0 Å². The summed E-state index contributed by atoms with van der Waals surface area (Å²) in [6, 6.07) is 5.94. The number of sulfonamides is 1. The van der Waals surface area contributed by atoms with Gasteiger partial charge in [-0.15, -0.1) is 0 Å². The van der Waals surface area contributed by atoms with Crippen LogP contribution in [0.5, 0.6) is 5.75 Å². The first kappa shape index (κ1) is 22.2. The van der Waals surface area contributed by atoms with Crippen molar-refractivity contribution >= 4 is 26.9 Å². The van der Waals surface area contributed by atoms with Crippen LogP contribution in [0.2, 0.25) is 0 Å². The van der Waals surface area contributed by atoms with Gasteiger partial charge in [-0.05, 0) is 49.3 Å². The van der Waals surface area contributed by atoms with E-state index in [1.165, 1.54) is 10.6 Å². The molecule has 0 atom stereocenters. The number of hydrogen-bond donors (Lipinski definition) is 0. The van der Waals surface area contributed by atoms with Crippen molar-refractivity contribution in [2.24, 2.45) is 5.92 Å². The summed E-state index contributed by atoms with van der Waals surface area (Å²) in [5.74, 6) is 2.82. The standard InChI is InChI=1S/C24H30N4O4S/c1-3-17-13-25-24(26-14-17)27-9-6-18(7-10-27)16-31-19-4-5-20-21-8-11-28(33(2,29)30)15-23(21)32-22(20)12-19/h4-5,12-14,18H,3,6-11,15-16H2,1-2H3. The Kier molecular flexibility index (Phi) is 6.01. The molecule has 2 aliphatic heterocycles. The second-order valence-corrected chi connectivity index (χ2v) is 11.0. The van der Waals surface area contributed by atoms with Crippen LogP contribution in [0, 0.1) is 5.92 Å². The predicted octanol–water partition coefficient (Wildman–Crippen LogP) is 3.40. The fourth-order valence-corrected chi connectivity index (χ4v) is 5.41. The van der Waals surface area contributed by atoms with Crippen LogP contribution in [0.4, 0.5) is 5.95 Å². The van der Waals surface area contributed by atoms with E-state index < -0.39 is 10.0 Å². The van der Waals surface area contributed by atoms with Crippen molar-refractivity contribution in [1.29, 1.82) is 0 Å². The Bertz CT molecular complexity index is 1230. The van der Waals surface area contributed by atoms with Gasteiger partial charge in [0, 0.05) is 49.0 Å². The Morgan fingerprint density at radius 3 is 2.61 bits per heavy atom. The zero-order valence-electron chi connectivity index (χ0n) is 19.2. The Morgan fingerprint density at radius 1 is 1.15 bits per heavy atom. The van der Waals surface area contributed by atoms with Crippen molar-refractivity contribution in [3.8, 4) is 5.75 Å². The van der Waals surface area contributed by atoms with Crippen molar-refractivity contribution < 1.29 is 17.6 Å². The second-order valence-electron chi connectivity index (χ2n) is 8.99. The molecule has 0 aliphatic carbocycles. The van der Waals surface area contributed by atoms with Crippen molar-refractivity contribution in [2.45, 2.75) is 39.2 Å². The van der Waals surface area contributed by atoms with Crippen molar-refractivity contribution in [1.82, 2.24) is 14.3 Å². The van der Waals surface area contributed by atoms with Crippen LogP contribution in [-0.4, -0.2) is 55.2 Å². The first-order valence-electron chi connectivity index (χ1n) is 11.6. The number of aryl methyl sites for hydroxylation is 1. The molecule has 9 heteroatoms. The molecule has 1 fully saturated rings. The topological polar surface area (TPSA) is 88.8 Å². The molecule has 0 spiro atoms. The number of hydrogen-bond acceptors (Lipinski definition) is 7. The van der Waals surface area contributed by atoms with Crippen LogP contribution in [0.1, 0.15) is 36.7 Å². The quantitative estimate of drug-likeness (QED) is 0.545. The molecule has 0 radical (unpaired) electrons. The summed E-state index contributed by atoms with van der Waals surface area (Å²) in [7, 11) is -3.22. The highest BCUT2D eigenvalue weighted by molar-refractivity contribution is 7.88. The monoisotopic (exact) mass is 470 g/mol. The van der Waals surface area contributed by atoms with Crippen molar-refractivity contribution in [3.05, 3.63) is 47.5 Å². The van der Waals surface area contributed by atoms with E-state index in [1.54, 1.807) is 0 Å². The lowest BCUT2D eigenvalue weighted by molar-refractivity contribution is 0.222. The van der Waals surface area contributed by atoms with Crippen molar-refractivity contribution in [2.75, 3.05) is 37.4 Å². The van der Waals surface area contributed by atoms with E-state index in [0.29, 0.717) is 32.0 Å². The van der Waals surface area contributed by atoms with Gasteiger partial charge in [0.15, 0.2) is 0 Å². The molecule has 0 bridgehead atoms. The molecule has 2 aliphatic rings. The molecule has 8 nitrogen and oxygen atoms in total. The summed E-state index contributed by atoms with van der Waals surface area (Å²) in [5, 5.41) is 1.05. The number of rotatable bonds is 6. The molecule has 3 aromatic rings. The van der Waals surface area contributed by atoms with Gasteiger partial charge in [0.1, 0.15) is 17.1 Å². The van der Waals surface area contributed by atoms with E-state index in [2.05, 4.69) is 21.8 Å². The number of anilines is 1. The van der Waals surface area contributed by atoms with E-state index >= 15 is 0 Å². The molecule has 1 saturated heterocycles. The fraction of sp³-hybridized carbons (Fsp3) is 0.500. The second kappa shape index (κ2) is 8.95. The highest BCUT2D eigenvalue weighted by Gasteiger charge is 2.28. The Balaban J connectivity index is 1.18. The number of furan rings is 1. The highest BCUT2D eigenvalue weighted by atomic mass is 32.2. The Hall–Kier alpha value is -2.65. The number of aromatic nitrogens is 2. The van der Waals surface area contributed by atoms with Gasteiger partial charge in [-0.2, -0.15) is 4.31 Å². The average molecular weight is 471 g/mol. The highest BCUT2D eigenvalue weighted by Crippen LogP contribution is 2.33. The number of piperidine rings is 1. The zero-order chi connectivity index (χ0) is 23.0. The number of nitrogens with zero attached hydrogens (tertiary/aromatic N) is 4. The molecule has 5 rings (SSSR count). The summed E-state index contributed by atoms with van der Waals surface area (Å²) in [4.78, 5) is 11.3. The van der Waals surface area contributed by atoms with Gasteiger partial charge < -0.3 is 14.1 Å². The molecular weight excluding hydrogens is 440 g/mol. The SMILES string of the molecule is CCc1cnc(N2CCC(COc3ccc4c5c(oc4c3)CN(S(C)(=O)=O)CC5)CC2)nc1. The van der Waals surface area contributed by atoms with Gasteiger partial charge in [-0.1, -0.05) is 6.92 Å². The van der Waals surface area contributed by atoms with Gasteiger partial charge in [-0.25, -0.2) is 18.4 Å². The third-order valence-electron chi connectivity index (χ3n) is 6.73. The molecule has 0 N–H and O–H groups in total. The largest absolute Gasteiger partial charge is 0.493 e. The van der Waals surface area contributed by atoms with Crippen LogP contribution in [0.3, 0.4) is 0 Å². The third kappa shape index (κ3) is 4.70. The summed E-state index contributed by atoms with van der Waals surface area (Å²) in [5.41, 5.74) is 3.03. The maximum absolute atomic E-state index is 11.9. The molecule has 1 aromatic carbocycles. The number of ether oxygens (including phenoxy) is 1. The number of fused-ring (bicyclic) bond motifs is 3. The normalized spacial score (nSPS) is 17.9. The summed E-state index contributed by atoms with van der Waals surface area (Å²) in [6.45, 7) is 5.42. The molecule has 176 valence electrons. The minimum absolute atomic E-state index is 0.294. The zero-order valence-corrected chi connectivity index (χ0v) is 20.0. The molecule has 0 saturated carbocycles.